The maximum Gasteiger partial charge on any atom is 0.258 e. The number of nitrogens with zero attached hydrogens (tertiary/aromatic N) is 2. The van der Waals surface area contributed by atoms with E-state index in [1.807, 2.05) is 30.3 Å². The van der Waals surface area contributed by atoms with Crippen LogP contribution in [0.1, 0.15) is 15.9 Å². The molecule has 3 aromatic rings. The number of aromatic nitrogens is 1. The fourth-order valence-electron chi connectivity index (χ4n) is 3.41. The zero-order valence-corrected chi connectivity index (χ0v) is 17.6. The summed E-state index contributed by atoms with van der Waals surface area (Å²) < 4.78 is 25.5. The monoisotopic (exact) mass is 436 g/mol. The van der Waals surface area contributed by atoms with E-state index in [1.54, 1.807) is 12.3 Å². The van der Waals surface area contributed by atoms with E-state index in [0.29, 0.717) is 36.9 Å². The molecule has 7 nitrogen and oxygen atoms in total. The third kappa shape index (κ3) is 5.40. The molecular formula is C24H25FN4O3. The zero-order chi connectivity index (χ0) is 22.3. The number of carbonyl (C=O) groups is 1. The number of hydrogen-bond donors (Lipinski definition) is 2. The van der Waals surface area contributed by atoms with Crippen LogP contribution in [0.25, 0.3) is 0 Å². The second-order valence-electron chi connectivity index (χ2n) is 7.38. The molecule has 2 heterocycles. The van der Waals surface area contributed by atoms with Gasteiger partial charge in [0.25, 0.3) is 5.91 Å². The van der Waals surface area contributed by atoms with Crippen LogP contribution in [0.2, 0.25) is 0 Å². The number of benzene rings is 2. The van der Waals surface area contributed by atoms with Gasteiger partial charge in [0.2, 0.25) is 0 Å². The smallest absolute Gasteiger partial charge is 0.258 e. The minimum atomic E-state index is -0.633. The summed E-state index contributed by atoms with van der Waals surface area (Å²) in [5, 5.41) is 2.69. The number of pyridine rings is 1. The van der Waals surface area contributed by atoms with Gasteiger partial charge >= 0.3 is 0 Å². The number of amides is 1. The summed E-state index contributed by atoms with van der Waals surface area (Å²) in [4.78, 5) is 19.2. The number of nitrogens with two attached hydrogens (primary N) is 1. The fraction of sp³-hybridized carbons (Fsp3) is 0.250. The Morgan fingerprint density at radius 3 is 2.53 bits per heavy atom. The van der Waals surface area contributed by atoms with Crippen molar-refractivity contribution in [2.24, 2.45) is 5.73 Å². The molecule has 1 aliphatic rings. The second-order valence-corrected chi connectivity index (χ2v) is 7.38. The summed E-state index contributed by atoms with van der Waals surface area (Å²) >= 11 is 0. The van der Waals surface area contributed by atoms with Crippen LogP contribution >= 0.6 is 0 Å². The van der Waals surface area contributed by atoms with Crippen molar-refractivity contribution in [2.75, 3.05) is 43.1 Å². The Morgan fingerprint density at radius 1 is 1.09 bits per heavy atom. The molecule has 0 spiro atoms. The highest BCUT2D eigenvalue weighted by Crippen LogP contribution is 2.25. The molecule has 0 radical (unpaired) electrons. The summed E-state index contributed by atoms with van der Waals surface area (Å²) in [5.74, 6) is 0.555. The first-order valence-electron chi connectivity index (χ1n) is 10.5. The molecule has 1 saturated heterocycles. The number of morpholine rings is 1. The lowest BCUT2D eigenvalue weighted by Crippen LogP contribution is -2.36. The first-order chi connectivity index (χ1) is 15.6. The Balaban J connectivity index is 1.42. The van der Waals surface area contributed by atoms with E-state index in [1.165, 1.54) is 18.2 Å². The fourth-order valence-corrected chi connectivity index (χ4v) is 3.41. The van der Waals surface area contributed by atoms with Gasteiger partial charge in [0.1, 0.15) is 23.1 Å². The van der Waals surface area contributed by atoms with Crippen LogP contribution in [0.15, 0.2) is 60.8 Å². The van der Waals surface area contributed by atoms with Crippen molar-refractivity contribution in [2.45, 2.75) is 6.42 Å². The van der Waals surface area contributed by atoms with Gasteiger partial charge in [0.05, 0.1) is 30.7 Å². The summed E-state index contributed by atoms with van der Waals surface area (Å²) in [6, 6.07) is 15.1. The molecule has 4 rings (SSSR count). The number of rotatable bonds is 7. The van der Waals surface area contributed by atoms with Gasteiger partial charge in [-0.1, -0.05) is 12.1 Å². The van der Waals surface area contributed by atoms with E-state index in [2.05, 4.69) is 15.2 Å². The van der Waals surface area contributed by atoms with Crippen LogP contribution in [0.4, 0.5) is 15.9 Å². The van der Waals surface area contributed by atoms with Crippen LogP contribution in [0.5, 0.6) is 11.5 Å². The van der Waals surface area contributed by atoms with Crippen molar-refractivity contribution in [1.29, 1.82) is 0 Å². The molecule has 0 saturated carbocycles. The van der Waals surface area contributed by atoms with Crippen molar-refractivity contribution in [3.8, 4) is 11.5 Å². The Bertz CT molecular complexity index is 1050. The van der Waals surface area contributed by atoms with E-state index in [9.17, 15) is 9.18 Å². The first kappa shape index (κ1) is 21.7. The van der Waals surface area contributed by atoms with Crippen LogP contribution in [0.3, 0.4) is 0 Å². The molecule has 3 N–H and O–H groups in total. The van der Waals surface area contributed by atoms with Crippen molar-refractivity contribution in [1.82, 2.24) is 4.98 Å². The van der Waals surface area contributed by atoms with Crippen molar-refractivity contribution in [3.63, 3.8) is 0 Å². The molecule has 1 aromatic heterocycles. The highest BCUT2D eigenvalue weighted by atomic mass is 19.1. The van der Waals surface area contributed by atoms with Crippen molar-refractivity contribution in [3.05, 3.63) is 77.7 Å². The lowest BCUT2D eigenvalue weighted by atomic mass is 10.1. The van der Waals surface area contributed by atoms with E-state index in [0.717, 1.165) is 30.9 Å². The molecule has 0 bridgehead atoms. The topological polar surface area (TPSA) is 89.7 Å². The predicted octanol–water partition coefficient (Wildman–Crippen LogP) is 3.60. The van der Waals surface area contributed by atoms with E-state index in [4.69, 9.17) is 15.2 Å². The maximum atomic E-state index is 14.3. The highest BCUT2D eigenvalue weighted by Gasteiger charge is 2.16. The molecule has 0 unspecified atom stereocenters. The molecular weight excluding hydrogens is 411 g/mol. The molecule has 1 amide bonds. The standard InChI is InChI=1S/C24H25FN4O3/c25-22-7-6-20(32-19-4-1-17(2-5-19)9-10-26)15-21(22)24(30)28-18-3-8-23(27-16-18)29-11-13-31-14-12-29/h1-8,15-16H,9-14,26H2,(H,28,30). The Morgan fingerprint density at radius 2 is 1.84 bits per heavy atom. The molecule has 2 aromatic carbocycles. The lowest BCUT2D eigenvalue weighted by molar-refractivity contribution is 0.102. The van der Waals surface area contributed by atoms with Gasteiger partial charge in [-0.25, -0.2) is 9.37 Å². The molecule has 0 atom stereocenters. The average Bonchev–Trinajstić information content (AvgIpc) is 2.83. The molecule has 8 heteroatoms. The molecule has 0 aliphatic carbocycles. The van der Waals surface area contributed by atoms with Crippen molar-refractivity contribution < 1.29 is 18.7 Å². The van der Waals surface area contributed by atoms with E-state index >= 15 is 0 Å². The Hall–Kier alpha value is -3.49. The minimum Gasteiger partial charge on any atom is -0.457 e. The normalized spacial score (nSPS) is 13.6. The average molecular weight is 436 g/mol. The SMILES string of the molecule is NCCc1ccc(Oc2ccc(F)c(C(=O)Nc3ccc(N4CCOCC4)nc3)c2)cc1. The Kier molecular flexibility index (Phi) is 6.94. The predicted molar refractivity (Wildman–Crippen MR) is 121 cm³/mol. The van der Waals surface area contributed by atoms with Crippen LogP contribution in [-0.4, -0.2) is 43.7 Å². The van der Waals surface area contributed by atoms with E-state index in [-0.39, 0.29) is 5.56 Å². The van der Waals surface area contributed by atoms with E-state index < -0.39 is 11.7 Å². The number of carbonyl (C=O) groups excluding carboxylic acids is 1. The van der Waals surface area contributed by atoms with Crippen molar-refractivity contribution >= 4 is 17.4 Å². The van der Waals surface area contributed by atoms with Gasteiger partial charge < -0.3 is 25.4 Å². The number of hydrogen-bond acceptors (Lipinski definition) is 6. The number of anilines is 2. The zero-order valence-electron chi connectivity index (χ0n) is 17.6. The van der Waals surface area contributed by atoms with Gasteiger partial charge in [0, 0.05) is 13.1 Å². The first-order valence-corrected chi connectivity index (χ1v) is 10.5. The highest BCUT2D eigenvalue weighted by molar-refractivity contribution is 6.04. The van der Waals surface area contributed by atoms with Gasteiger partial charge in [-0.3, -0.25) is 4.79 Å². The summed E-state index contributed by atoms with van der Waals surface area (Å²) in [6.45, 7) is 3.44. The molecule has 1 aliphatic heterocycles. The number of halogens is 1. The lowest BCUT2D eigenvalue weighted by Gasteiger charge is -2.27. The van der Waals surface area contributed by atoms with Crippen LogP contribution < -0.4 is 20.7 Å². The molecule has 1 fully saturated rings. The summed E-state index contributed by atoms with van der Waals surface area (Å²) in [6.07, 6.45) is 2.34. The number of ether oxygens (including phenoxy) is 2. The molecule has 166 valence electrons. The quantitative estimate of drug-likeness (QED) is 0.588. The second kappa shape index (κ2) is 10.2. The third-order valence-corrected chi connectivity index (χ3v) is 5.12. The maximum absolute atomic E-state index is 14.3. The summed E-state index contributed by atoms with van der Waals surface area (Å²) in [7, 11) is 0. The number of nitrogens with one attached hydrogen (secondary N) is 1. The van der Waals surface area contributed by atoms with Gasteiger partial charge in [-0.2, -0.15) is 0 Å². The van der Waals surface area contributed by atoms with Crippen LogP contribution in [0, 0.1) is 5.82 Å². The van der Waals surface area contributed by atoms with Gasteiger partial charge in [-0.15, -0.1) is 0 Å². The van der Waals surface area contributed by atoms with Gasteiger partial charge in [-0.05, 0) is 61.0 Å². The largest absolute Gasteiger partial charge is 0.457 e. The van der Waals surface area contributed by atoms with Crippen LogP contribution in [-0.2, 0) is 11.2 Å². The minimum absolute atomic E-state index is 0.112. The Labute approximate surface area is 186 Å². The van der Waals surface area contributed by atoms with Gasteiger partial charge in [0.15, 0.2) is 0 Å². The third-order valence-electron chi connectivity index (χ3n) is 5.12. The summed E-state index contributed by atoms with van der Waals surface area (Å²) in [5.41, 5.74) is 7.03. The molecule has 32 heavy (non-hydrogen) atoms.